The smallest absolute Gasteiger partial charge is 0.416 e. The first kappa shape index (κ1) is 24.0. The van der Waals surface area contributed by atoms with Gasteiger partial charge in [-0.1, -0.05) is 6.07 Å². The van der Waals surface area contributed by atoms with Crippen LogP contribution in [0.3, 0.4) is 0 Å². The van der Waals surface area contributed by atoms with Crippen LogP contribution < -0.4 is 9.64 Å². The number of hydrogen-bond acceptors (Lipinski definition) is 3. The number of hydrogen-bond donors (Lipinski definition) is 0. The molecule has 0 fully saturated rings. The molecule has 1 aromatic heterocycles. The summed E-state index contributed by atoms with van der Waals surface area (Å²) in [6.07, 6.45) is -7.81. The van der Waals surface area contributed by atoms with Crippen LogP contribution >= 0.6 is 0 Å². The summed E-state index contributed by atoms with van der Waals surface area (Å²) >= 11 is 0. The number of alkyl halides is 6. The van der Waals surface area contributed by atoms with E-state index in [2.05, 4.69) is 4.98 Å². The molecule has 0 saturated heterocycles. The van der Waals surface area contributed by atoms with Crippen molar-refractivity contribution < 1.29 is 40.3 Å². The van der Waals surface area contributed by atoms with Crippen molar-refractivity contribution in [2.24, 2.45) is 0 Å². The van der Waals surface area contributed by atoms with Crippen LogP contribution in [-0.4, -0.2) is 25.0 Å². The third kappa shape index (κ3) is 4.91. The number of pyridine rings is 1. The summed E-state index contributed by atoms with van der Waals surface area (Å²) in [5.74, 6) is -1.81. The van der Waals surface area contributed by atoms with Crippen molar-refractivity contribution in [3.63, 3.8) is 0 Å². The maximum absolute atomic E-state index is 14.6. The summed E-state index contributed by atoms with van der Waals surface area (Å²) in [7, 11) is 2.42. The summed E-state index contributed by atoms with van der Waals surface area (Å²) in [5, 5.41) is 0. The lowest BCUT2D eigenvalue weighted by Crippen LogP contribution is -2.28. The van der Waals surface area contributed by atoms with E-state index < -0.39 is 40.8 Å². The normalized spacial score (nSPS) is 11.9. The van der Waals surface area contributed by atoms with Crippen molar-refractivity contribution in [3.8, 4) is 16.9 Å². The summed E-state index contributed by atoms with van der Waals surface area (Å²) in [6.45, 7) is 0. The van der Waals surface area contributed by atoms with E-state index >= 15 is 0 Å². The average Bonchev–Trinajstić information content (AvgIpc) is 2.76. The second-order valence-corrected chi connectivity index (χ2v) is 6.87. The molecule has 1 heterocycles. The molecule has 3 aromatic rings. The van der Waals surface area contributed by atoms with E-state index in [1.807, 2.05) is 0 Å². The molecule has 33 heavy (non-hydrogen) atoms. The highest BCUT2D eigenvalue weighted by Gasteiger charge is 2.38. The first-order chi connectivity index (χ1) is 15.3. The highest BCUT2D eigenvalue weighted by atomic mass is 19.4. The number of rotatable bonds is 4. The minimum absolute atomic E-state index is 0.0583. The molecule has 0 bridgehead atoms. The molecule has 0 aliphatic rings. The molecule has 0 N–H and O–H groups in total. The fourth-order valence-corrected chi connectivity index (χ4v) is 3.18. The van der Waals surface area contributed by atoms with E-state index in [1.54, 1.807) is 0 Å². The monoisotopic (exact) mass is 472 g/mol. The Balaban J connectivity index is 2.14. The van der Waals surface area contributed by atoms with Gasteiger partial charge in [-0.3, -0.25) is 9.78 Å². The Morgan fingerprint density at radius 1 is 0.970 bits per heavy atom. The molecule has 0 saturated carbocycles. The molecule has 2 aromatic carbocycles. The van der Waals surface area contributed by atoms with Crippen LogP contribution in [0.2, 0.25) is 0 Å². The van der Waals surface area contributed by atoms with E-state index in [1.165, 1.54) is 31.5 Å². The molecule has 0 atom stereocenters. The molecule has 174 valence electrons. The molecule has 4 nitrogen and oxygen atoms in total. The quantitative estimate of drug-likeness (QED) is 0.424. The van der Waals surface area contributed by atoms with Crippen LogP contribution in [0.25, 0.3) is 11.1 Å². The maximum atomic E-state index is 14.6. The Kier molecular flexibility index (Phi) is 6.35. The second kappa shape index (κ2) is 8.72. The van der Waals surface area contributed by atoms with Gasteiger partial charge in [0.15, 0.2) is 0 Å². The minimum atomic E-state index is -5.12. The van der Waals surface area contributed by atoms with Crippen molar-refractivity contribution in [1.82, 2.24) is 4.98 Å². The summed E-state index contributed by atoms with van der Waals surface area (Å²) in [5.41, 5.74) is -4.13. The number of carbonyl (C=O) groups excluding carboxylic acids is 1. The Labute approximate surface area is 183 Å². The SMILES string of the molecule is COc1cccc(F)c1-c1ccncc1N(C)C(=O)c1cc(C(F)(F)F)cc(C(F)(F)F)c1. The number of anilines is 1. The Morgan fingerprint density at radius 2 is 1.58 bits per heavy atom. The summed E-state index contributed by atoms with van der Waals surface area (Å²) in [4.78, 5) is 17.6. The van der Waals surface area contributed by atoms with E-state index in [4.69, 9.17) is 4.74 Å². The van der Waals surface area contributed by atoms with Gasteiger partial charge in [0.1, 0.15) is 11.6 Å². The molecule has 3 rings (SSSR count). The third-order valence-corrected chi connectivity index (χ3v) is 4.77. The zero-order valence-electron chi connectivity index (χ0n) is 17.1. The lowest BCUT2D eigenvalue weighted by Gasteiger charge is -2.22. The molecular weight excluding hydrogens is 457 g/mol. The number of methoxy groups -OCH3 is 1. The summed E-state index contributed by atoms with van der Waals surface area (Å²) < 4.78 is 98.8. The molecule has 0 aliphatic heterocycles. The Morgan fingerprint density at radius 3 is 2.12 bits per heavy atom. The summed E-state index contributed by atoms with van der Waals surface area (Å²) in [6, 6.07) is 5.89. The highest BCUT2D eigenvalue weighted by molar-refractivity contribution is 6.08. The van der Waals surface area contributed by atoms with Crippen LogP contribution in [0.4, 0.5) is 36.4 Å². The van der Waals surface area contributed by atoms with Crippen LogP contribution in [0, 0.1) is 5.82 Å². The Hall–Kier alpha value is -3.63. The zero-order valence-corrected chi connectivity index (χ0v) is 17.1. The van der Waals surface area contributed by atoms with Gasteiger partial charge >= 0.3 is 12.4 Å². The second-order valence-electron chi connectivity index (χ2n) is 6.87. The lowest BCUT2D eigenvalue weighted by molar-refractivity contribution is -0.143. The van der Waals surface area contributed by atoms with Crippen molar-refractivity contribution in [3.05, 3.63) is 77.4 Å². The van der Waals surface area contributed by atoms with E-state index in [-0.39, 0.29) is 28.6 Å². The van der Waals surface area contributed by atoms with Crippen molar-refractivity contribution in [2.75, 3.05) is 19.1 Å². The third-order valence-electron chi connectivity index (χ3n) is 4.77. The van der Waals surface area contributed by atoms with Crippen molar-refractivity contribution >= 4 is 11.6 Å². The van der Waals surface area contributed by atoms with Gasteiger partial charge in [0.25, 0.3) is 5.91 Å². The van der Waals surface area contributed by atoms with E-state index in [9.17, 15) is 35.5 Å². The largest absolute Gasteiger partial charge is 0.496 e. The number of nitrogens with zero attached hydrogens (tertiary/aromatic N) is 2. The van der Waals surface area contributed by atoms with Crippen LogP contribution in [0.5, 0.6) is 5.75 Å². The predicted octanol–water partition coefficient (Wildman–Crippen LogP) is 6.21. The standard InChI is InChI=1S/C22H15F7N2O2/c1-31(17-11-30-7-6-15(17)19-16(23)4-3-5-18(19)33-2)20(32)12-8-13(21(24,25)26)10-14(9-12)22(27,28)29/h3-11H,1-2H3. The number of halogens is 7. The van der Waals surface area contributed by atoms with Crippen molar-refractivity contribution in [1.29, 1.82) is 0 Å². The minimum Gasteiger partial charge on any atom is -0.496 e. The van der Waals surface area contributed by atoms with Crippen molar-refractivity contribution in [2.45, 2.75) is 12.4 Å². The zero-order chi connectivity index (χ0) is 24.6. The van der Waals surface area contributed by atoms with Gasteiger partial charge in [0.2, 0.25) is 0 Å². The number of ether oxygens (including phenoxy) is 1. The van der Waals surface area contributed by atoms with Gasteiger partial charge in [0, 0.05) is 24.4 Å². The van der Waals surface area contributed by atoms with Crippen LogP contribution in [0.1, 0.15) is 21.5 Å². The number of carbonyl (C=O) groups is 1. The molecule has 11 heteroatoms. The number of aromatic nitrogens is 1. The average molecular weight is 472 g/mol. The van der Waals surface area contributed by atoms with Gasteiger partial charge in [-0.2, -0.15) is 26.3 Å². The van der Waals surface area contributed by atoms with Gasteiger partial charge in [0.05, 0.1) is 35.7 Å². The van der Waals surface area contributed by atoms with E-state index in [0.717, 1.165) is 24.2 Å². The molecular formula is C22H15F7N2O2. The predicted molar refractivity (Wildman–Crippen MR) is 105 cm³/mol. The lowest BCUT2D eigenvalue weighted by atomic mass is 10.0. The fraction of sp³-hybridized carbons (Fsp3) is 0.182. The first-order valence-electron chi connectivity index (χ1n) is 9.19. The van der Waals surface area contributed by atoms with Crippen LogP contribution in [-0.2, 0) is 12.4 Å². The molecule has 0 unspecified atom stereocenters. The van der Waals surface area contributed by atoms with Gasteiger partial charge in [-0.05, 0) is 36.4 Å². The Bertz CT molecular complexity index is 1160. The number of amides is 1. The van der Waals surface area contributed by atoms with E-state index in [0.29, 0.717) is 12.1 Å². The molecule has 0 aliphatic carbocycles. The first-order valence-corrected chi connectivity index (χ1v) is 9.19. The highest BCUT2D eigenvalue weighted by Crippen LogP contribution is 2.39. The van der Waals surface area contributed by atoms with Crippen LogP contribution in [0.15, 0.2) is 54.9 Å². The molecule has 1 amide bonds. The fourth-order valence-electron chi connectivity index (χ4n) is 3.18. The van der Waals surface area contributed by atoms with Gasteiger partial charge in [-0.15, -0.1) is 0 Å². The van der Waals surface area contributed by atoms with Gasteiger partial charge < -0.3 is 9.64 Å². The maximum Gasteiger partial charge on any atom is 0.416 e. The number of benzene rings is 2. The van der Waals surface area contributed by atoms with Gasteiger partial charge in [-0.25, -0.2) is 4.39 Å². The molecule has 0 spiro atoms. The molecule has 0 radical (unpaired) electrons. The topological polar surface area (TPSA) is 42.4 Å².